The third-order valence-electron chi connectivity index (χ3n) is 4.50. The van der Waals surface area contributed by atoms with Crippen LogP contribution in [0.4, 0.5) is 5.13 Å². The molecule has 0 spiro atoms. The summed E-state index contributed by atoms with van der Waals surface area (Å²) in [6, 6.07) is 15.6. The number of ether oxygens (including phenoxy) is 1. The average Bonchev–Trinajstić information content (AvgIpc) is 3.47. The van der Waals surface area contributed by atoms with Crippen molar-refractivity contribution in [3.05, 3.63) is 59.5 Å². The van der Waals surface area contributed by atoms with Crippen molar-refractivity contribution in [3.8, 4) is 22.7 Å². The van der Waals surface area contributed by atoms with Gasteiger partial charge >= 0.3 is 0 Å². The molecule has 0 fully saturated rings. The molecule has 2 aromatic carbocycles. The van der Waals surface area contributed by atoms with Gasteiger partial charge in [0.05, 0.1) is 24.2 Å². The molecule has 1 N–H and O–H groups in total. The zero-order valence-electron chi connectivity index (χ0n) is 17.0. The second-order valence-corrected chi connectivity index (χ2v) is 8.30. The molecular weight excluding hydrogens is 432 g/mol. The number of aryl methyl sites for hydroxylation is 1. The topological polar surface area (TPSA) is 94.8 Å². The van der Waals surface area contributed by atoms with Crippen LogP contribution in [0.1, 0.15) is 12.5 Å². The lowest BCUT2D eigenvalue weighted by Crippen LogP contribution is -2.14. The summed E-state index contributed by atoms with van der Waals surface area (Å²) < 4.78 is 6.75. The maximum Gasteiger partial charge on any atom is 0.236 e. The lowest BCUT2D eigenvalue weighted by molar-refractivity contribution is -0.113. The molecule has 0 aliphatic carbocycles. The second kappa shape index (κ2) is 9.71. The van der Waals surface area contributed by atoms with Crippen LogP contribution in [0.5, 0.6) is 5.75 Å². The standard InChI is InChI=1S/C21H20N6O2S2/c1-3-14-4-6-15(7-5-14)18-12-30-20(22-18)23-19(28)13-31-21-24-25-26-27(21)16-8-10-17(29-2)11-9-16/h4-12H,3,13H2,1-2H3,(H,22,23,28). The van der Waals surface area contributed by atoms with Gasteiger partial charge in [0.1, 0.15) is 5.75 Å². The maximum absolute atomic E-state index is 12.4. The fourth-order valence-electron chi connectivity index (χ4n) is 2.81. The van der Waals surface area contributed by atoms with Gasteiger partial charge in [-0.25, -0.2) is 4.98 Å². The largest absolute Gasteiger partial charge is 0.497 e. The first-order valence-corrected chi connectivity index (χ1v) is 11.4. The summed E-state index contributed by atoms with van der Waals surface area (Å²) in [6.45, 7) is 2.12. The molecule has 2 aromatic heterocycles. The summed E-state index contributed by atoms with van der Waals surface area (Å²) in [6.07, 6.45) is 0.998. The summed E-state index contributed by atoms with van der Waals surface area (Å²) in [5, 5.41) is 17.6. The van der Waals surface area contributed by atoms with Crippen LogP contribution in [0.2, 0.25) is 0 Å². The maximum atomic E-state index is 12.4. The highest BCUT2D eigenvalue weighted by Crippen LogP contribution is 2.26. The van der Waals surface area contributed by atoms with Crippen LogP contribution in [-0.2, 0) is 11.2 Å². The van der Waals surface area contributed by atoms with Gasteiger partial charge < -0.3 is 10.1 Å². The van der Waals surface area contributed by atoms with Gasteiger partial charge in [0, 0.05) is 10.9 Å². The molecule has 0 aliphatic heterocycles. The van der Waals surface area contributed by atoms with E-state index in [2.05, 4.69) is 44.9 Å². The first kappa shape index (κ1) is 21.0. The number of carbonyl (C=O) groups is 1. The van der Waals surface area contributed by atoms with Crippen molar-refractivity contribution in [2.45, 2.75) is 18.5 Å². The molecule has 0 bridgehead atoms. The van der Waals surface area contributed by atoms with E-state index in [-0.39, 0.29) is 11.7 Å². The minimum absolute atomic E-state index is 0.163. The normalized spacial score (nSPS) is 10.8. The molecule has 0 saturated heterocycles. The van der Waals surface area contributed by atoms with Crippen LogP contribution in [0.25, 0.3) is 16.9 Å². The van der Waals surface area contributed by atoms with Crippen molar-refractivity contribution < 1.29 is 9.53 Å². The number of rotatable bonds is 8. The van der Waals surface area contributed by atoms with Crippen molar-refractivity contribution in [3.63, 3.8) is 0 Å². The average molecular weight is 453 g/mol. The number of nitrogens with one attached hydrogen (secondary N) is 1. The van der Waals surface area contributed by atoms with E-state index >= 15 is 0 Å². The number of benzene rings is 2. The Kier molecular flexibility index (Phi) is 6.58. The van der Waals surface area contributed by atoms with E-state index in [1.807, 2.05) is 41.8 Å². The fourth-order valence-corrected chi connectivity index (χ4v) is 4.24. The van der Waals surface area contributed by atoms with E-state index in [1.54, 1.807) is 11.8 Å². The first-order valence-electron chi connectivity index (χ1n) is 9.56. The lowest BCUT2D eigenvalue weighted by atomic mass is 10.1. The smallest absolute Gasteiger partial charge is 0.236 e. The molecule has 0 saturated carbocycles. The number of amides is 1. The van der Waals surface area contributed by atoms with Crippen LogP contribution >= 0.6 is 23.1 Å². The molecule has 0 atom stereocenters. The van der Waals surface area contributed by atoms with Crippen molar-refractivity contribution in [1.82, 2.24) is 25.2 Å². The molecule has 2 heterocycles. The van der Waals surface area contributed by atoms with Crippen LogP contribution in [-0.4, -0.2) is 44.0 Å². The highest BCUT2D eigenvalue weighted by molar-refractivity contribution is 7.99. The number of carbonyl (C=O) groups excluding carboxylic acids is 1. The number of nitrogens with zero attached hydrogens (tertiary/aromatic N) is 5. The van der Waals surface area contributed by atoms with Gasteiger partial charge in [-0.2, -0.15) is 4.68 Å². The fraction of sp³-hybridized carbons (Fsp3) is 0.190. The zero-order chi connectivity index (χ0) is 21.6. The Morgan fingerprint density at radius 3 is 2.65 bits per heavy atom. The highest BCUT2D eigenvalue weighted by Gasteiger charge is 2.13. The van der Waals surface area contributed by atoms with Crippen LogP contribution < -0.4 is 10.1 Å². The third kappa shape index (κ3) is 5.09. The summed E-state index contributed by atoms with van der Waals surface area (Å²) in [5.41, 5.74) is 3.94. The van der Waals surface area contributed by atoms with Gasteiger partial charge in [0.25, 0.3) is 0 Å². The summed E-state index contributed by atoms with van der Waals surface area (Å²) >= 11 is 2.65. The number of thiazole rings is 1. The zero-order valence-corrected chi connectivity index (χ0v) is 18.6. The molecule has 1 amide bonds. The summed E-state index contributed by atoms with van der Waals surface area (Å²) in [4.78, 5) is 16.9. The van der Waals surface area contributed by atoms with Crippen LogP contribution in [0, 0.1) is 0 Å². The molecule has 31 heavy (non-hydrogen) atoms. The third-order valence-corrected chi connectivity index (χ3v) is 6.18. The molecule has 10 heteroatoms. The van der Waals surface area contributed by atoms with Crippen LogP contribution in [0.3, 0.4) is 0 Å². The minimum atomic E-state index is -0.170. The van der Waals surface area contributed by atoms with E-state index in [0.717, 1.165) is 29.1 Å². The van der Waals surface area contributed by atoms with Crippen molar-refractivity contribution in [1.29, 1.82) is 0 Å². The molecule has 158 valence electrons. The molecular formula is C21H20N6O2S2. The molecule has 8 nitrogen and oxygen atoms in total. The Bertz CT molecular complexity index is 1160. The van der Waals surface area contributed by atoms with Gasteiger partial charge in [0.15, 0.2) is 5.13 Å². The van der Waals surface area contributed by atoms with E-state index < -0.39 is 0 Å². The number of aromatic nitrogens is 5. The van der Waals surface area contributed by atoms with Gasteiger partial charge in [-0.3, -0.25) is 4.79 Å². The molecule has 4 rings (SSSR count). The highest BCUT2D eigenvalue weighted by atomic mass is 32.2. The predicted molar refractivity (Wildman–Crippen MR) is 122 cm³/mol. The number of anilines is 1. The van der Waals surface area contributed by atoms with E-state index in [4.69, 9.17) is 4.74 Å². The summed E-state index contributed by atoms with van der Waals surface area (Å²) in [7, 11) is 1.61. The monoisotopic (exact) mass is 452 g/mol. The van der Waals surface area contributed by atoms with E-state index in [1.165, 1.54) is 28.7 Å². The van der Waals surface area contributed by atoms with E-state index in [9.17, 15) is 4.79 Å². The van der Waals surface area contributed by atoms with Crippen molar-refractivity contribution in [2.75, 3.05) is 18.2 Å². The number of tetrazole rings is 1. The number of thioether (sulfide) groups is 1. The molecule has 0 aliphatic rings. The number of hydrogen-bond acceptors (Lipinski definition) is 8. The van der Waals surface area contributed by atoms with Gasteiger partial charge in [0.2, 0.25) is 11.1 Å². The molecule has 0 radical (unpaired) electrons. The number of hydrogen-bond donors (Lipinski definition) is 1. The van der Waals surface area contributed by atoms with Gasteiger partial charge in [-0.05, 0) is 46.7 Å². The molecule has 4 aromatic rings. The first-order chi connectivity index (χ1) is 15.2. The quantitative estimate of drug-likeness (QED) is 0.402. The Balaban J connectivity index is 1.36. The van der Waals surface area contributed by atoms with E-state index in [0.29, 0.717) is 10.3 Å². The minimum Gasteiger partial charge on any atom is -0.497 e. The lowest BCUT2D eigenvalue weighted by Gasteiger charge is -2.05. The van der Waals surface area contributed by atoms with Crippen molar-refractivity contribution in [2.24, 2.45) is 0 Å². The summed E-state index contributed by atoms with van der Waals surface area (Å²) in [5.74, 6) is 0.738. The Morgan fingerprint density at radius 1 is 1.16 bits per heavy atom. The van der Waals surface area contributed by atoms with Crippen molar-refractivity contribution >= 4 is 34.1 Å². The Labute approximate surface area is 187 Å². The number of methoxy groups -OCH3 is 1. The second-order valence-electron chi connectivity index (χ2n) is 6.50. The van der Waals surface area contributed by atoms with Gasteiger partial charge in [-0.15, -0.1) is 16.4 Å². The Morgan fingerprint density at radius 2 is 1.94 bits per heavy atom. The predicted octanol–water partition coefficient (Wildman–Crippen LogP) is 4.09. The SMILES string of the molecule is CCc1ccc(-c2csc(NC(=O)CSc3nnnn3-c3ccc(OC)cc3)n2)cc1. The van der Waals surface area contributed by atoms with Gasteiger partial charge in [-0.1, -0.05) is 43.0 Å². The Hall–Kier alpha value is -3.24. The van der Waals surface area contributed by atoms with Crippen LogP contribution in [0.15, 0.2) is 59.1 Å². The molecule has 0 unspecified atom stereocenters.